The van der Waals surface area contributed by atoms with E-state index < -0.39 is 6.04 Å². The molecule has 0 aromatic rings. The highest BCUT2D eigenvalue weighted by molar-refractivity contribution is 5.81. The molecule has 0 spiro atoms. The van der Waals surface area contributed by atoms with Gasteiger partial charge in [0, 0.05) is 6.54 Å². The molecule has 3 N–H and O–H groups in total. The quantitative estimate of drug-likeness (QED) is 0.746. The van der Waals surface area contributed by atoms with E-state index in [1.807, 2.05) is 0 Å². The van der Waals surface area contributed by atoms with Crippen LogP contribution in [0.2, 0.25) is 0 Å². The Morgan fingerprint density at radius 1 is 1.26 bits per heavy atom. The van der Waals surface area contributed by atoms with Crippen LogP contribution in [0.15, 0.2) is 12.7 Å². The fraction of sp³-hybridized carbons (Fsp3) is 0.812. The third kappa shape index (κ3) is 2.58. The van der Waals surface area contributed by atoms with Gasteiger partial charge in [0.2, 0.25) is 5.91 Å². The third-order valence-corrected chi connectivity index (χ3v) is 5.56. The van der Waals surface area contributed by atoms with Gasteiger partial charge >= 0.3 is 0 Å². The third-order valence-electron chi connectivity index (χ3n) is 5.56. The Balaban J connectivity index is 1.58. The van der Waals surface area contributed by atoms with Crippen LogP contribution in [0.5, 0.6) is 0 Å². The van der Waals surface area contributed by atoms with Gasteiger partial charge in [0.25, 0.3) is 0 Å². The van der Waals surface area contributed by atoms with Crippen molar-refractivity contribution in [2.75, 3.05) is 6.54 Å². The highest BCUT2D eigenvalue weighted by atomic mass is 16.2. The lowest BCUT2D eigenvalue weighted by molar-refractivity contribution is -0.124. The van der Waals surface area contributed by atoms with Crippen LogP contribution in [0.1, 0.15) is 44.9 Å². The molecular weight excluding hydrogens is 236 g/mol. The standard InChI is InChI=1S/C16H26N2O/c1-2-3-14(17)15(19)18-10-16-7-11-4-12(8-16)6-13(5-11)9-16/h2,11-14H,1,3-10,17H2,(H,18,19). The summed E-state index contributed by atoms with van der Waals surface area (Å²) in [6.07, 6.45) is 10.6. The van der Waals surface area contributed by atoms with Gasteiger partial charge < -0.3 is 11.1 Å². The fourth-order valence-corrected chi connectivity index (χ4v) is 5.20. The predicted octanol–water partition coefficient (Wildman–Crippen LogP) is 2.22. The summed E-state index contributed by atoms with van der Waals surface area (Å²) >= 11 is 0. The second-order valence-corrected chi connectivity index (χ2v) is 7.27. The van der Waals surface area contributed by atoms with Crippen molar-refractivity contribution in [1.82, 2.24) is 5.32 Å². The molecule has 1 unspecified atom stereocenters. The summed E-state index contributed by atoms with van der Waals surface area (Å²) in [5, 5.41) is 3.11. The minimum atomic E-state index is -0.425. The van der Waals surface area contributed by atoms with Gasteiger partial charge in [-0.25, -0.2) is 0 Å². The zero-order valence-corrected chi connectivity index (χ0v) is 11.7. The molecule has 4 bridgehead atoms. The molecule has 0 saturated heterocycles. The van der Waals surface area contributed by atoms with Crippen LogP contribution in [0, 0.1) is 23.2 Å². The largest absolute Gasteiger partial charge is 0.354 e. The molecule has 0 aliphatic heterocycles. The number of hydrogen-bond acceptors (Lipinski definition) is 2. The lowest BCUT2D eigenvalue weighted by Gasteiger charge is -2.57. The van der Waals surface area contributed by atoms with E-state index in [0.29, 0.717) is 11.8 Å². The summed E-state index contributed by atoms with van der Waals surface area (Å²) in [4.78, 5) is 11.9. The normalized spacial score (nSPS) is 41.0. The van der Waals surface area contributed by atoms with Crippen LogP contribution in [0.3, 0.4) is 0 Å². The maximum absolute atomic E-state index is 11.9. The van der Waals surface area contributed by atoms with Crippen molar-refractivity contribution < 1.29 is 4.79 Å². The van der Waals surface area contributed by atoms with E-state index in [9.17, 15) is 4.79 Å². The highest BCUT2D eigenvalue weighted by Crippen LogP contribution is 2.59. The molecular formula is C16H26N2O. The summed E-state index contributed by atoms with van der Waals surface area (Å²) in [6, 6.07) is -0.425. The number of hydrogen-bond donors (Lipinski definition) is 2. The molecule has 3 nitrogen and oxygen atoms in total. The summed E-state index contributed by atoms with van der Waals surface area (Å²) in [7, 11) is 0. The smallest absolute Gasteiger partial charge is 0.237 e. The highest BCUT2D eigenvalue weighted by Gasteiger charge is 2.50. The van der Waals surface area contributed by atoms with Crippen molar-refractivity contribution in [3.8, 4) is 0 Å². The minimum Gasteiger partial charge on any atom is -0.354 e. The number of nitrogens with two attached hydrogens (primary N) is 1. The average molecular weight is 262 g/mol. The molecule has 19 heavy (non-hydrogen) atoms. The minimum absolute atomic E-state index is 0.00403. The topological polar surface area (TPSA) is 55.1 Å². The van der Waals surface area contributed by atoms with E-state index in [1.165, 1.54) is 38.5 Å². The van der Waals surface area contributed by atoms with Crippen molar-refractivity contribution in [2.45, 2.75) is 51.0 Å². The molecule has 4 fully saturated rings. The Labute approximate surface area is 116 Å². The molecule has 0 heterocycles. The van der Waals surface area contributed by atoms with Crippen molar-refractivity contribution in [3.05, 3.63) is 12.7 Å². The molecule has 0 aromatic carbocycles. The van der Waals surface area contributed by atoms with Crippen molar-refractivity contribution >= 4 is 5.91 Å². The van der Waals surface area contributed by atoms with Crippen LogP contribution in [0.25, 0.3) is 0 Å². The van der Waals surface area contributed by atoms with Gasteiger partial charge in [0.05, 0.1) is 6.04 Å². The number of rotatable bonds is 5. The number of amides is 1. The first kappa shape index (κ1) is 13.2. The van der Waals surface area contributed by atoms with Gasteiger partial charge in [-0.15, -0.1) is 6.58 Å². The van der Waals surface area contributed by atoms with Gasteiger partial charge in [0.15, 0.2) is 0 Å². The molecule has 0 radical (unpaired) electrons. The summed E-state index contributed by atoms with van der Waals surface area (Å²) in [5.74, 6) is 2.80. The van der Waals surface area contributed by atoms with E-state index >= 15 is 0 Å². The average Bonchev–Trinajstić information content (AvgIpc) is 2.34. The van der Waals surface area contributed by atoms with E-state index in [4.69, 9.17) is 5.73 Å². The SMILES string of the molecule is C=CCC(N)C(=O)NCC12CC3CC(CC(C3)C1)C2. The molecule has 4 rings (SSSR count). The van der Waals surface area contributed by atoms with Crippen LogP contribution in [-0.2, 0) is 4.79 Å². The summed E-state index contributed by atoms with van der Waals surface area (Å²) < 4.78 is 0. The van der Waals surface area contributed by atoms with Gasteiger partial charge in [-0.3, -0.25) is 4.79 Å². The van der Waals surface area contributed by atoms with E-state index in [0.717, 1.165) is 24.3 Å². The predicted molar refractivity (Wildman–Crippen MR) is 76.4 cm³/mol. The van der Waals surface area contributed by atoms with Crippen molar-refractivity contribution in [2.24, 2.45) is 28.9 Å². The Morgan fingerprint density at radius 3 is 2.26 bits per heavy atom. The van der Waals surface area contributed by atoms with Gasteiger partial charge in [-0.2, -0.15) is 0 Å². The van der Waals surface area contributed by atoms with E-state index in [-0.39, 0.29) is 5.91 Å². The number of nitrogens with one attached hydrogen (secondary N) is 1. The molecule has 4 aliphatic rings. The Kier molecular flexibility index (Phi) is 3.42. The lowest BCUT2D eigenvalue weighted by Crippen LogP contribution is -2.52. The monoisotopic (exact) mass is 262 g/mol. The summed E-state index contributed by atoms with van der Waals surface area (Å²) in [6.45, 7) is 4.49. The van der Waals surface area contributed by atoms with Crippen molar-refractivity contribution in [1.29, 1.82) is 0 Å². The van der Waals surface area contributed by atoms with Gasteiger partial charge in [-0.1, -0.05) is 6.08 Å². The molecule has 106 valence electrons. The van der Waals surface area contributed by atoms with Gasteiger partial charge in [-0.05, 0) is 68.1 Å². The maximum atomic E-state index is 11.9. The van der Waals surface area contributed by atoms with Crippen molar-refractivity contribution in [3.63, 3.8) is 0 Å². The summed E-state index contributed by atoms with van der Waals surface area (Å²) in [5.41, 5.74) is 6.22. The molecule has 1 atom stereocenters. The molecule has 4 aliphatic carbocycles. The second-order valence-electron chi connectivity index (χ2n) is 7.27. The number of carbonyl (C=O) groups excluding carboxylic acids is 1. The Morgan fingerprint density at radius 2 is 1.79 bits per heavy atom. The van der Waals surface area contributed by atoms with Crippen LogP contribution in [-0.4, -0.2) is 18.5 Å². The van der Waals surface area contributed by atoms with Crippen LogP contribution >= 0.6 is 0 Å². The molecule has 1 amide bonds. The first-order valence-corrected chi connectivity index (χ1v) is 7.74. The molecule has 0 aromatic heterocycles. The zero-order valence-electron chi connectivity index (χ0n) is 11.7. The maximum Gasteiger partial charge on any atom is 0.237 e. The lowest BCUT2D eigenvalue weighted by atomic mass is 9.49. The molecule has 3 heteroatoms. The Hall–Kier alpha value is -0.830. The fourth-order valence-electron chi connectivity index (χ4n) is 5.20. The number of carbonyl (C=O) groups is 1. The van der Waals surface area contributed by atoms with Gasteiger partial charge in [0.1, 0.15) is 0 Å². The van der Waals surface area contributed by atoms with E-state index in [2.05, 4.69) is 11.9 Å². The second kappa shape index (κ2) is 4.93. The Bertz CT molecular complexity index is 342. The zero-order chi connectivity index (χ0) is 13.5. The van der Waals surface area contributed by atoms with Crippen LogP contribution < -0.4 is 11.1 Å². The van der Waals surface area contributed by atoms with E-state index in [1.54, 1.807) is 6.08 Å². The first-order chi connectivity index (χ1) is 9.10. The van der Waals surface area contributed by atoms with Crippen LogP contribution in [0.4, 0.5) is 0 Å². The first-order valence-electron chi connectivity index (χ1n) is 7.74. The molecule has 4 saturated carbocycles.